The molecule has 2 N–H and O–H groups in total. The highest BCUT2D eigenvalue weighted by Gasteiger charge is 2.26. The van der Waals surface area contributed by atoms with Gasteiger partial charge < -0.3 is 24.8 Å². The third kappa shape index (κ3) is 2.84. The number of hydrogen-bond acceptors (Lipinski definition) is 5. The minimum Gasteiger partial charge on any atom is -0.482 e. The largest absolute Gasteiger partial charge is 0.482 e. The van der Waals surface area contributed by atoms with Crippen molar-refractivity contribution < 1.29 is 24.2 Å². The number of aliphatic hydroxyl groups excluding tert-OH is 1. The van der Waals surface area contributed by atoms with Crippen LogP contribution in [0.2, 0.25) is 0 Å². The first-order chi connectivity index (χ1) is 10.2. The molecule has 2 aliphatic heterocycles. The van der Waals surface area contributed by atoms with Gasteiger partial charge in [-0.05, 0) is 18.2 Å². The predicted octanol–water partition coefficient (Wildman–Crippen LogP) is -0.149. The molecule has 2 aliphatic rings. The molecule has 2 heterocycles. The Morgan fingerprint density at radius 2 is 2.33 bits per heavy atom. The first-order valence-electron chi connectivity index (χ1n) is 6.76. The number of hydrogen-bond donors (Lipinski definition) is 2. The quantitative estimate of drug-likeness (QED) is 0.791. The summed E-state index contributed by atoms with van der Waals surface area (Å²) in [5.41, 5.74) is 0.974. The molecule has 1 saturated heterocycles. The summed E-state index contributed by atoms with van der Waals surface area (Å²) in [6.45, 7) is 1.12. The zero-order chi connectivity index (χ0) is 14.8. The Labute approximate surface area is 121 Å². The van der Waals surface area contributed by atoms with Gasteiger partial charge in [-0.2, -0.15) is 0 Å². The fraction of sp³-hybridized carbons (Fsp3) is 0.429. The van der Waals surface area contributed by atoms with Crippen LogP contribution >= 0.6 is 0 Å². The number of carbonyl (C=O) groups is 2. The molecule has 21 heavy (non-hydrogen) atoms. The van der Waals surface area contributed by atoms with Crippen LogP contribution in [0.4, 0.5) is 5.69 Å². The number of rotatable bonds is 2. The van der Waals surface area contributed by atoms with Crippen LogP contribution in [0, 0.1) is 0 Å². The van der Waals surface area contributed by atoms with Crippen molar-refractivity contribution >= 4 is 17.5 Å². The average molecular weight is 292 g/mol. The van der Waals surface area contributed by atoms with E-state index < -0.39 is 0 Å². The van der Waals surface area contributed by atoms with Crippen LogP contribution in [0.5, 0.6) is 5.75 Å². The predicted molar refractivity (Wildman–Crippen MR) is 73.3 cm³/mol. The Bertz CT molecular complexity index is 574. The Morgan fingerprint density at radius 3 is 3.14 bits per heavy atom. The summed E-state index contributed by atoms with van der Waals surface area (Å²) in [4.78, 5) is 25.4. The number of fused-ring (bicyclic) bond motifs is 1. The molecule has 1 unspecified atom stereocenters. The summed E-state index contributed by atoms with van der Waals surface area (Å²) >= 11 is 0. The smallest absolute Gasteiger partial charge is 0.262 e. The van der Waals surface area contributed by atoms with Gasteiger partial charge in [0.25, 0.3) is 11.8 Å². The third-order valence-corrected chi connectivity index (χ3v) is 3.49. The van der Waals surface area contributed by atoms with Gasteiger partial charge in [0.15, 0.2) is 6.61 Å². The lowest BCUT2D eigenvalue weighted by atomic mass is 10.1. The van der Waals surface area contributed by atoms with Crippen LogP contribution in [-0.2, 0) is 9.53 Å². The number of carbonyl (C=O) groups excluding carboxylic acids is 2. The summed E-state index contributed by atoms with van der Waals surface area (Å²) in [6, 6.07) is 4.95. The van der Waals surface area contributed by atoms with Crippen LogP contribution in [-0.4, -0.2) is 60.8 Å². The van der Waals surface area contributed by atoms with Crippen molar-refractivity contribution in [2.75, 3.05) is 38.2 Å². The van der Waals surface area contributed by atoms with E-state index in [-0.39, 0.29) is 31.1 Å². The minimum atomic E-state index is -0.344. The number of anilines is 1. The molecule has 7 nitrogen and oxygen atoms in total. The fourth-order valence-corrected chi connectivity index (χ4v) is 2.41. The van der Waals surface area contributed by atoms with E-state index in [4.69, 9.17) is 14.6 Å². The number of benzene rings is 1. The third-order valence-electron chi connectivity index (χ3n) is 3.49. The maximum atomic E-state index is 12.5. The summed E-state index contributed by atoms with van der Waals surface area (Å²) in [5, 5.41) is 11.8. The zero-order valence-electron chi connectivity index (χ0n) is 11.4. The Morgan fingerprint density at radius 1 is 1.48 bits per heavy atom. The number of ether oxygens (including phenoxy) is 2. The zero-order valence-corrected chi connectivity index (χ0v) is 11.4. The normalized spacial score (nSPS) is 21.3. The van der Waals surface area contributed by atoms with E-state index in [1.54, 1.807) is 23.1 Å². The van der Waals surface area contributed by atoms with E-state index in [1.807, 2.05) is 0 Å². The maximum absolute atomic E-state index is 12.5. The molecule has 112 valence electrons. The Kier molecular flexibility index (Phi) is 3.76. The van der Waals surface area contributed by atoms with Gasteiger partial charge in [0, 0.05) is 18.7 Å². The highest BCUT2D eigenvalue weighted by Crippen LogP contribution is 2.29. The van der Waals surface area contributed by atoms with Crippen LogP contribution in [0.1, 0.15) is 10.4 Å². The molecule has 0 radical (unpaired) electrons. The summed E-state index contributed by atoms with van der Waals surface area (Å²) < 4.78 is 10.6. The van der Waals surface area contributed by atoms with Crippen LogP contribution in [0.25, 0.3) is 0 Å². The van der Waals surface area contributed by atoms with Crippen LogP contribution < -0.4 is 10.1 Å². The van der Waals surface area contributed by atoms with Crippen molar-refractivity contribution in [1.29, 1.82) is 0 Å². The van der Waals surface area contributed by atoms with E-state index in [2.05, 4.69) is 5.32 Å². The number of amides is 2. The number of nitrogens with one attached hydrogen (secondary N) is 1. The number of nitrogens with zero attached hydrogens (tertiary/aromatic N) is 1. The van der Waals surface area contributed by atoms with Gasteiger partial charge in [-0.1, -0.05) is 0 Å². The van der Waals surface area contributed by atoms with Crippen molar-refractivity contribution in [3.8, 4) is 5.75 Å². The first kappa shape index (κ1) is 13.8. The second kappa shape index (κ2) is 5.71. The summed E-state index contributed by atoms with van der Waals surface area (Å²) in [6.07, 6.45) is -0.344. The summed E-state index contributed by atoms with van der Waals surface area (Å²) in [7, 11) is 0. The molecule has 0 saturated carbocycles. The molecule has 7 heteroatoms. The van der Waals surface area contributed by atoms with E-state index in [1.165, 1.54) is 0 Å². The van der Waals surface area contributed by atoms with Crippen LogP contribution in [0.3, 0.4) is 0 Å². The van der Waals surface area contributed by atoms with Gasteiger partial charge in [0.1, 0.15) is 5.75 Å². The number of aliphatic hydroxyl groups is 1. The Balaban J connectivity index is 1.78. The molecule has 1 aromatic carbocycles. The molecular weight excluding hydrogens is 276 g/mol. The lowest BCUT2D eigenvalue weighted by molar-refractivity contribution is -0.118. The van der Waals surface area contributed by atoms with Gasteiger partial charge in [0.2, 0.25) is 0 Å². The second-order valence-electron chi connectivity index (χ2n) is 4.97. The Hall–Kier alpha value is -2.12. The van der Waals surface area contributed by atoms with Crippen LogP contribution in [0.15, 0.2) is 18.2 Å². The molecular formula is C14H16N2O5. The van der Waals surface area contributed by atoms with Crippen molar-refractivity contribution in [3.63, 3.8) is 0 Å². The van der Waals surface area contributed by atoms with Gasteiger partial charge in [-0.15, -0.1) is 0 Å². The van der Waals surface area contributed by atoms with Crippen molar-refractivity contribution in [3.05, 3.63) is 23.8 Å². The SMILES string of the molecule is O=C1COc2ccc(C(=O)N3CCOC(CO)C3)cc2N1. The molecule has 0 spiro atoms. The van der Waals surface area contributed by atoms with E-state index in [0.717, 1.165) is 0 Å². The molecule has 1 aromatic rings. The molecule has 0 aliphatic carbocycles. The average Bonchev–Trinajstić information content (AvgIpc) is 2.53. The number of morpholine rings is 1. The fourth-order valence-electron chi connectivity index (χ4n) is 2.41. The molecule has 0 aromatic heterocycles. The van der Waals surface area contributed by atoms with E-state index >= 15 is 0 Å². The lowest BCUT2D eigenvalue weighted by Gasteiger charge is -2.32. The van der Waals surface area contributed by atoms with E-state index in [0.29, 0.717) is 36.7 Å². The maximum Gasteiger partial charge on any atom is 0.262 e. The van der Waals surface area contributed by atoms with Crippen molar-refractivity contribution in [1.82, 2.24) is 4.90 Å². The molecule has 3 rings (SSSR count). The van der Waals surface area contributed by atoms with Gasteiger partial charge in [0.05, 0.1) is 25.0 Å². The monoisotopic (exact) mass is 292 g/mol. The van der Waals surface area contributed by atoms with Crippen molar-refractivity contribution in [2.24, 2.45) is 0 Å². The topological polar surface area (TPSA) is 88.1 Å². The highest BCUT2D eigenvalue weighted by atomic mass is 16.5. The highest BCUT2D eigenvalue weighted by molar-refractivity contribution is 5.99. The molecule has 1 fully saturated rings. The molecule has 0 bridgehead atoms. The second-order valence-corrected chi connectivity index (χ2v) is 4.97. The van der Waals surface area contributed by atoms with E-state index in [9.17, 15) is 9.59 Å². The van der Waals surface area contributed by atoms with Gasteiger partial charge in [-0.25, -0.2) is 0 Å². The standard InChI is InChI=1S/C14H16N2O5/c17-7-10-6-16(3-4-20-10)14(19)9-1-2-12-11(5-9)15-13(18)8-21-12/h1-2,5,10,17H,3-4,6-8H2,(H,15,18). The molecule has 2 amide bonds. The van der Waals surface area contributed by atoms with Crippen molar-refractivity contribution in [2.45, 2.75) is 6.10 Å². The first-order valence-corrected chi connectivity index (χ1v) is 6.76. The lowest BCUT2D eigenvalue weighted by Crippen LogP contribution is -2.46. The summed E-state index contributed by atoms with van der Waals surface area (Å²) in [5.74, 6) is 0.166. The van der Waals surface area contributed by atoms with Gasteiger partial charge in [-0.3, -0.25) is 9.59 Å². The molecule has 1 atom stereocenters. The van der Waals surface area contributed by atoms with Gasteiger partial charge >= 0.3 is 0 Å². The minimum absolute atomic E-state index is 0.0120.